The molecule has 180 valence electrons. The van der Waals surface area contributed by atoms with Crippen LogP contribution in [0, 0.1) is 12.3 Å². The van der Waals surface area contributed by atoms with Crippen molar-refractivity contribution in [2.75, 3.05) is 11.9 Å². The summed E-state index contributed by atoms with van der Waals surface area (Å²) in [6.07, 6.45) is 9.79. The highest BCUT2D eigenvalue weighted by molar-refractivity contribution is 6.04. The summed E-state index contributed by atoms with van der Waals surface area (Å²) < 4.78 is 0. The van der Waals surface area contributed by atoms with Crippen molar-refractivity contribution in [3.63, 3.8) is 0 Å². The van der Waals surface area contributed by atoms with Crippen LogP contribution in [0.5, 0.6) is 0 Å². The Labute approximate surface area is 203 Å². The van der Waals surface area contributed by atoms with E-state index in [1.54, 1.807) is 36.4 Å². The Bertz CT molecular complexity index is 1210. The van der Waals surface area contributed by atoms with Crippen molar-refractivity contribution in [2.24, 2.45) is 10.7 Å². The Morgan fingerprint density at radius 2 is 2.03 bits per heavy atom. The first kappa shape index (κ1) is 25.3. The predicted molar refractivity (Wildman–Crippen MR) is 134 cm³/mol. The highest BCUT2D eigenvalue weighted by Crippen LogP contribution is 2.23. The third-order valence-corrected chi connectivity index (χ3v) is 5.30. The maximum atomic E-state index is 12.5. The average Bonchev–Trinajstić information content (AvgIpc) is 3.07. The van der Waals surface area contributed by atoms with Gasteiger partial charge >= 0.3 is 0 Å². The van der Waals surface area contributed by atoms with E-state index in [1.165, 1.54) is 0 Å². The molecule has 1 aromatic rings. The fourth-order valence-electron chi connectivity index (χ4n) is 3.38. The van der Waals surface area contributed by atoms with Gasteiger partial charge in [0.15, 0.2) is 6.29 Å². The van der Waals surface area contributed by atoms with Gasteiger partial charge in [-0.1, -0.05) is 18.4 Å². The minimum Gasteiger partial charge on any atom is -0.385 e. The van der Waals surface area contributed by atoms with Crippen molar-refractivity contribution in [3.05, 3.63) is 83.0 Å². The molecular weight excluding hydrogens is 446 g/mol. The first-order chi connectivity index (χ1) is 16.8. The highest BCUT2D eigenvalue weighted by atomic mass is 16.5. The van der Waals surface area contributed by atoms with Gasteiger partial charge in [0, 0.05) is 41.9 Å². The second-order valence-electron chi connectivity index (χ2n) is 7.87. The first-order valence-corrected chi connectivity index (χ1v) is 11.0. The second kappa shape index (κ2) is 11.7. The lowest BCUT2D eigenvalue weighted by molar-refractivity contribution is -0.116. The predicted octanol–water partition coefficient (Wildman–Crippen LogP) is 1.22. The number of aliphatic hydroxyl groups is 2. The van der Waals surface area contributed by atoms with Gasteiger partial charge in [0.05, 0.1) is 6.04 Å². The second-order valence-corrected chi connectivity index (χ2v) is 7.87. The number of carbonyl (C=O) groups is 2. The molecule has 9 nitrogen and oxygen atoms in total. The molecule has 2 amide bonds. The van der Waals surface area contributed by atoms with E-state index in [9.17, 15) is 19.8 Å². The van der Waals surface area contributed by atoms with E-state index in [2.05, 4.69) is 39.2 Å². The van der Waals surface area contributed by atoms with E-state index in [4.69, 9.17) is 12.2 Å². The molecule has 0 aromatic heterocycles. The summed E-state index contributed by atoms with van der Waals surface area (Å²) >= 11 is 0. The summed E-state index contributed by atoms with van der Waals surface area (Å²) in [7, 11) is 0. The molecule has 0 fully saturated rings. The van der Waals surface area contributed by atoms with E-state index < -0.39 is 24.1 Å². The minimum atomic E-state index is -1.70. The number of aliphatic hydroxyl groups excluding tert-OH is 1. The van der Waals surface area contributed by atoms with E-state index in [1.807, 2.05) is 6.08 Å². The van der Waals surface area contributed by atoms with Crippen LogP contribution >= 0.6 is 0 Å². The third-order valence-electron chi connectivity index (χ3n) is 5.30. The number of anilines is 1. The van der Waals surface area contributed by atoms with E-state index in [0.29, 0.717) is 41.8 Å². The molecule has 7 N–H and O–H groups in total. The van der Waals surface area contributed by atoms with Gasteiger partial charge in [-0.15, -0.1) is 12.3 Å². The normalized spacial score (nSPS) is 15.8. The van der Waals surface area contributed by atoms with Crippen molar-refractivity contribution in [1.29, 1.82) is 0 Å². The zero-order valence-corrected chi connectivity index (χ0v) is 19.0. The van der Waals surface area contributed by atoms with E-state index >= 15 is 0 Å². The smallest absolute Gasteiger partial charge is 0.276 e. The van der Waals surface area contributed by atoms with Crippen LogP contribution in [0.4, 0.5) is 5.69 Å². The van der Waals surface area contributed by atoms with Crippen LogP contribution in [-0.4, -0.2) is 46.6 Å². The summed E-state index contributed by atoms with van der Waals surface area (Å²) in [6.45, 7) is 4.50. The van der Waals surface area contributed by atoms with Gasteiger partial charge in [-0.2, -0.15) is 0 Å². The van der Waals surface area contributed by atoms with Crippen molar-refractivity contribution in [3.8, 4) is 12.3 Å². The average molecular weight is 474 g/mol. The SMILES string of the molecule is C#CCC[C@H](NC(=O)c1ccc(NCCC2=NC3=C(C=C=C(N)NC3=O)C(=C)C=C2)cc1)C(O)O. The zero-order valence-electron chi connectivity index (χ0n) is 19.0. The van der Waals surface area contributed by atoms with Gasteiger partial charge in [-0.05, 0) is 48.4 Å². The lowest BCUT2D eigenvalue weighted by Crippen LogP contribution is -2.43. The highest BCUT2D eigenvalue weighted by Gasteiger charge is 2.21. The number of allylic oxidation sites excluding steroid dienone is 5. The molecule has 1 aromatic carbocycles. The maximum Gasteiger partial charge on any atom is 0.276 e. The van der Waals surface area contributed by atoms with Crippen molar-refractivity contribution < 1.29 is 19.8 Å². The molecule has 0 unspecified atom stereocenters. The zero-order chi connectivity index (χ0) is 25.4. The number of nitrogens with zero attached hydrogens (tertiary/aromatic N) is 1. The molecule has 1 atom stereocenters. The minimum absolute atomic E-state index is 0.117. The molecule has 0 saturated carbocycles. The number of nitrogens with two attached hydrogens (primary N) is 1. The van der Waals surface area contributed by atoms with Crippen LogP contribution in [0.2, 0.25) is 0 Å². The van der Waals surface area contributed by atoms with Gasteiger partial charge in [-0.3, -0.25) is 9.59 Å². The standard InChI is InChI=1S/C26H27N5O4/c1-3-4-5-21(26(34)35)30-24(32)17-7-10-18(11-8-17)28-15-14-19-9-6-16(2)20-12-13-22(27)31-25(33)23(20)29-19/h1,6-12,21,26,28,34-35H,2,4-5,14-15,27H2,(H,30,32)(H,31,33)/t21-/m0/s1. The van der Waals surface area contributed by atoms with E-state index in [-0.39, 0.29) is 17.9 Å². The number of carbonyl (C=O) groups excluding carboxylic acids is 2. The molecule has 2 aliphatic heterocycles. The first-order valence-electron chi connectivity index (χ1n) is 11.0. The lowest BCUT2D eigenvalue weighted by Gasteiger charge is -2.19. The molecule has 0 aliphatic carbocycles. The quantitative estimate of drug-likeness (QED) is 0.180. The number of nitrogens with one attached hydrogen (secondary N) is 3. The molecule has 35 heavy (non-hydrogen) atoms. The number of rotatable bonds is 9. The third kappa shape index (κ3) is 6.82. The molecule has 9 heteroatoms. The van der Waals surface area contributed by atoms with Crippen LogP contribution in [0.25, 0.3) is 0 Å². The van der Waals surface area contributed by atoms with Crippen LogP contribution < -0.4 is 21.7 Å². The Balaban J connectivity index is 1.60. The maximum absolute atomic E-state index is 12.5. The van der Waals surface area contributed by atoms with Crippen molar-refractivity contribution in [1.82, 2.24) is 10.6 Å². The largest absolute Gasteiger partial charge is 0.385 e. The number of terminal acetylenes is 1. The topological polar surface area (TPSA) is 149 Å². The van der Waals surface area contributed by atoms with Crippen LogP contribution in [0.3, 0.4) is 0 Å². The Morgan fingerprint density at radius 3 is 2.71 bits per heavy atom. The molecule has 0 spiro atoms. The molecule has 0 saturated heterocycles. The fourth-order valence-corrected chi connectivity index (χ4v) is 3.38. The summed E-state index contributed by atoms with van der Waals surface area (Å²) in [6, 6.07) is 5.89. The molecule has 2 heterocycles. The Hall–Kier alpha value is -4.35. The Kier molecular flexibility index (Phi) is 8.43. The molecular formula is C26H27N5O4. The molecule has 2 aliphatic rings. The number of aliphatic imine (C=N–C) groups is 1. The van der Waals surface area contributed by atoms with Gasteiger partial charge < -0.3 is 31.9 Å². The van der Waals surface area contributed by atoms with Crippen LogP contribution in [0.15, 0.2) is 82.5 Å². The number of benzene rings is 1. The Morgan fingerprint density at radius 1 is 1.29 bits per heavy atom. The number of hydrogen-bond donors (Lipinski definition) is 6. The van der Waals surface area contributed by atoms with Crippen molar-refractivity contribution >= 4 is 23.2 Å². The summed E-state index contributed by atoms with van der Waals surface area (Å²) in [5, 5.41) is 27.2. The van der Waals surface area contributed by atoms with E-state index in [0.717, 1.165) is 5.69 Å². The van der Waals surface area contributed by atoms with Gasteiger partial charge in [0.2, 0.25) is 0 Å². The summed E-state index contributed by atoms with van der Waals surface area (Å²) in [5.41, 5.74) is 11.7. The molecule has 0 bridgehead atoms. The van der Waals surface area contributed by atoms with Gasteiger partial charge in [-0.25, -0.2) is 4.99 Å². The van der Waals surface area contributed by atoms with Gasteiger partial charge in [0.1, 0.15) is 11.5 Å². The fraction of sp³-hybridized carbons (Fsp3) is 0.231. The lowest BCUT2D eigenvalue weighted by atomic mass is 10.1. The van der Waals surface area contributed by atoms with Crippen LogP contribution in [-0.2, 0) is 4.79 Å². The van der Waals surface area contributed by atoms with Crippen LogP contribution in [0.1, 0.15) is 29.6 Å². The summed E-state index contributed by atoms with van der Waals surface area (Å²) in [4.78, 5) is 29.4. The monoisotopic (exact) mass is 473 g/mol. The van der Waals surface area contributed by atoms with Gasteiger partial charge in [0.25, 0.3) is 11.8 Å². The number of hydrogen-bond acceptors (Lipinski definition) is 7. The molecule has 3 rings (SSSR count). The van der Waals surface area contributed by atoms with Crippen molar-refractivity contribution in [2.45, 2.75) is 31.6 Å². The molecule has 0 radical (unpaired) electrons. The summed E-state index contributed by atoms with van der Waals surface area (Å²) in [5.74, 6) is 1.68. The number of amides is 2.